The fourth-order valence-corrected chi connectivity index (χ4v) is 2.09. The summed E-state index contributed by atoms with van der Waals surface area (Å²) < 4.78 is 0. The van der Waals surface area contributed by atoms with Gasteiger partial charge in [-0.25, -0.2) is 0 Å². The summed E-state index contributed by atoms with van der Waals surface area (Å²) in [5.74, 6) is -0.497. The smallest absolute Gasteiger partial charge is 0.239 e. The van der Waals surface area contributed by atoms with Crippen molar-refractivity contribution in [2.75, 3.05) is 19.6 Å². The standard InChI is InChI=1S/C14H19N3O2.ClH/c15-8-12(18)16-9-13(19)17-10-14(6-7-14)11-4-2-1-3-5-11;/h1-5H,6-10,15H2,(H,16,18)(H,17,19);1H. The Bertz CT molecular complexity index is 461. The van der Waals surface area contributed by atoms with Gasteiger partial charge in [0.25, 0.3) is 0 Å². The summed E-state index contributed by atoms with van der Waals surface area (Å²) in [5, 5.41) is 5.32. The summed E-state index contributed by atoms with van der Waals surface area (Å²) in [6.07, 6.45) is 2.18. The number of carbonyl (C=O) groups is 2. The molecule has 5 nitrogen and oxygen atoms in total. The van der Waals surface area contributed by atoms with Gasteiger partial charge < -0.3 is 16.4 Å². The van der Waals surface area contributed by atoms with Crippen LogP contribution in [0.15, 0.2) is 30.3 Å². The van der Waals surface area contributed by atoms with E-state index in [1.165, 1.54) is 5.56 Å². The van der Waals surface area contributed by atoms with Crippen molar-refractivity contribution < 1.29 is 9.59 Å². The van der Waals surface area contributed by atoms with Gasteiger partial charge in [-0.3, -0.25) is 9.59 Å². The van der Waals surface area contributed by atoms with Crippen LogP contribution in [0.5, 0.6) is 0 Å². The van der Waals surface area contributed by atoms with Gasteiger partial charge in [-0.1, -0.05) is 30.3 Å². The first-order valence-electron chi connectivity index (χ1n) is 6.45. The maximum atomic E-state index is 11.6. The lowest BCUT2D eigenvalue weighted by Crippen LogP contribution is -2.41. The molecule has 1 aromatic carbocycles. The molecule has 0 radical (unpaired) electrons. The van der Waals surface area contributed by atoms with Crippen molar-refractivity contribution in [2.24, 2.45) is 5.73 Å². The predicted molar refractivity (Wildman–Crippen MR) is 79.7 cm³/mol. The van der Waals surface area contributed by atoms with Crippen molar-refractivity contribution in [2.45, 2.75) is 18.3 Å². The summed E-state index contributed by atoms with van der Waals surface area (Å²) in [5.41, 5.74) is 6.50. The summed E-state index contributed by atoms with van der Waals surface area (Å²) in [6, 6.07) is 10.2. The minimum Gasteiger partial charge on any atom is -0.354 e. The van der Waals surface area contributed by atoms with E-state index in [-0.39, 0.29) is 42.7 Å². The highest BCUT2D eigenvalue weighted by atomic mass is 35.5. The first-order valence-corrected chi connectivity index (χ1v) is 6.45. The quantitative estimate of drug-likeness (QED) is 0.707. The number of halogens is 1. The summed E-state index contributed by atoms with van der Waals surface area (Å²) in [6.45, 7) is 0.510. The number of hydrogen-bond acceptors (Lipinski definition) is 3. The van der Waals surface area contributed by atoms with E-state index >= 15 is 0 Å². The van der Waals surface area contributed by atoms with Crippen molar-refractivity contribution in [3.8, 4) is 0 Å². The summed E-state index contributed by atoms with van der Waals surface area (Å²) >= 11 is 0. The van der Waals surface area contributed by atoms with Crippen LogP contribution in [-0.4, -0.2) is 31.4 Å². The second kappa shape index (κ2) is 7.26. The zero-order valence-electron chi connectivity index (χ0n) is 11.2. The van der Waals surface area contributed by atoms with E-state index in [1.54, 1.807) is 0 Å². The van der Waals surface area contributed by atoms with Crippen molar-refractivity contribution in [3.63, 3.8) is 0 Å². The van der Waals surface area contributed by atoms with Crippen molar-refractivity contribution >= 4 is 24.2 Å². The van der Waals surface area contributed by atoms with E-state index in [4.69, 9.17) is 5.73 Å². The molecule has 0 unspecified atom stereocenters. The highest BCUT2D eigenvalue weighted by Crippen LogP contribution is 2.47. The van der Waals surface area contributed by atoms with Crippen molar-refractivity contribution in [1.82, 2.24) is 10.6 Å². The molecule has 1 fully saturated rings. The van der Waals surface area contributed by atoms with Gasteiger partial charge in [-0.2, -0.15) is 0 Å². The Labute approximate surface area is 124 Å². The van der Waals surface area contributed by atoms with Gasteiger partial charge in [-0.15, -0.1) is 12.4 Å². The minimum atomic E-state index is -0.320. The fourth-order valence-electron chi connectivity index (χ4n) is 2.09. The lowest BCUT2D eigenvalue weighted by atomic mass is 9.96. The molecule has 1 aromatic rings. The molecule has 1 saturated carbocycles. The van der Waals surface area contributed by atoms with Crippen LogP contribution in [0.3, 0.4) is 0 Å². The van der Waals surface area contributed by atoms with Gasteiger partial charge in [0.05, 0.1) is 13.1 Å². The Morgan fingerprint density at radius 1 is 1.10 bits per heavy atom. The Hall–Kier alpha value is -1.59. The third-order valence-corrected chi connectivity index (χ3v) is 3.50. The van der Waals surface area contributed by atoms with Gasteiger partial charge in [0.15, 0.2) is 0 Å². The topological polar surface area (TPSA) is 84.2 Å². The Kier molecular flexibility index (Phi) is 5.98. The molecule has 1 aliphatic rings. The average molecular weight is 298 g/mol. The zero-order chi connectivity index (χ0) is 13.7. The molecule has 6 heteroatoms. The van der Waals surface area contributed by atoms with Crippen LogP contribution in [0, 0.1) is 0 Å². The number of benzene rings is 1. The summed E-state index contributed by atoms with van der Waals surface area (Å²) in [7, 11) is 0. The zero-order valence-corrected chi connectivity index (χ0v) is 12.0. The Balaban J connectivity index is 0.00000200. The molecular weight excluding hydrogens is 278 g/mol. The van der Waals surface area contributed by atoms with E-state index in [0.29, 0.717) is 6.54 Å². The van der Waals surface area contributed by atoms with Gasteiger partial charge >= 0.3 is 0 Å². The van der Waals surface area contributed by atoms with E-state index in [1.807, 2.05) is 18.2 Å². The molecule has 110 valence electrons. The molecular formula is C14H20ClN3O2. The molecule has 1 aliphatic carbocycles. The number of carbonyl (C=O) groups excluding carboxylic acids is 2. The van der Waals surface area contributed by atoms with Crippen LogP contribution in [0.2, 0.25) is 0 Å². The van der Waals surface area contributed by atoms with Gasteiger partial charge in [0.2, 0.25) is 11.8 Å². The van der Waals surface area contributed by atoms with Gasteiger partial charge in [-0.05, 0) is 18.4 Å². The van der Waals surface area contributed by atoms with Crippen LogP contribution in [-0.2, 0) is 15.0 Å². The van der Waals surface area contributed by atoms with Crippen LogP contribution < -0.4 is 16.4 Å². The van der Waals surface area contributed by atoms with Crippen LogP contribution in [0.25, 0.3) is 0 Å². The maximum absolute atomic E-state index is 11.6. The minimum absolute atomic E-state index is 0. The number of amides is 2. The second-order valence-corrected chi connectivity index (χ2v) is 4.90. The molecule has 4 N–H and O–H groups in total. The van der Waals surface area contributed by atoms with E-state index in [2.05, 4.69) is 22.8 Å². The molecule has 0 saturated heterocycles. The monoisotopic (exact) mass is 297 g/mol. The maximum Gasteiger partial charge on any atom is 0.239 e. The highest BCUT2D eigenvalue weighted by Gasteiger charge is 2.44. The molecule has 2 rings (SSSR count). The average Bonchev–Trinajstić information content (AvgIpc) is 3.24. The summed E-state index contributed by atoms with van der Waals surface area (Å²) in [4.78, 5) is 22.5. The number of rotatable bonds is 6. The van der Waals surface area contributed by atoms with E-state index in [0.717, 1.165) is 12.8 Å². The molecule has 0 heterocycles. The van der Waals surface area contributed by atoms with Crippen molar-refractivity contribution in [3.05, 3.63) is 35.9 Å². The Morgan fingerprint density at radius 3 is 2.30 bits per heavy atom. The van der Waals surface area contributed by atoms with Gasteiger partial charge in [0.1, 0.15) is 0 Å². The van der Waals surface area contributed by atoms with E-state index in [9.17, 15) is 9.59 Å². The molecule has 0 aromatic heterocycles. The largest absolute Gasteiger partial charge is 0.354 e. The molecule has 0 aliphatic heterocycles. The number of nitrogens with two attached hydrogens (primary N) is 1. The first-order chi connectivity index (χ1) is 9.16. The third kappa shape index (κ3) is 4.21. The van der Waals surface area contributed by atoms with Gasteiger partial charge in [0, 0.05) is 12.0 Å². The van der Waals surface area contributed by atoms with Crippen molar-refractivity contribution in [1.29, 1.82) is 0 Å². The lowest BCUT2D eigenvalue weighted by molar-refractivity contribution is -0.125. The molecule has 0 atom stereocenters. The van der Waals surface area contributed by atoms with Crippen LogP contribution in [0.1, 0.15) is 18.4 Å². The van der Waals surface area contributed by atoms with Crippen LogP contribution >= 0.6 is 12.4 Å². The molecule has 0 spiro atoms. The molecule has 20 heavy (non-hydrogen) atoms. The lowest BCUT2D eigenvalue weighted by Gasteiger charge is -2.16. The SMILES string of the molecule is Cl.NCC(=O)NCC(=O)NCC1(c2ccccc2)CC1. The highest BCUT2D eigenvalue weighted by molar-refractivity contribution is 5.85. The molecule has 0 bridgehead atoms. The molecule has 2 amide bonds. The fraction of sp³-hybridized carbons (Fsp3) is 0.429. The van der Waals surface area contributed by atoms with Crippen LogP contribution in [0.4, 0.5) is 0 Å². The predicted octanol–water partition coefficient (Wildman–Crippen LogP) is 0.331. The third-order valence-electron chi connectivity index (χ3n) is 3.50. The van der Waals surface area contributed by atoms with E-state index < -0.39 is 0 Å². The number of nitrogens with one attached hydrogen (secondary N) is 2. The number of hydrogen-bond donors (Lipinski definition) is 3. The first kappa shape index (κ1) is 16.5. The normalized spacial score (nSPS) is 14.8. The second-order valence-electron chi connectivity index (χ2n) is 4.90. The Morgan fingerprint density at radius 2 is 1.75 bits per heavy atom.